The fourth-order valence-electron chi connectivity index (χ4n) is 5.78. The third-order valence-corrected chi connectivity index (χ3v) is 10.5. The molecule has 8 heteroatoms. The Kier molecular flexibility index (Phi) is 7.41. The predicted molar refractivity (Wildman–Crippen MR) is 158 cm³/mol. The van der Waals surface area contributed by atoms with Gasteiger partial charge < -0.3 is 20.0 Å². The lowest BCUT2D eigenvalue weighted by atomic mass is 9.93. The van der Waals surface area contributed by atoms with E-state index in [2.05, 4.69) is 57.2 Å². The molecule has 37 heavy (non-hydrogen) atoms. The maximum absolute atomic E-state index is 9.22. The van der Waals surface area contributed by atoms with Crippen molar-refractivity contribution in [3.8, 4) is 0 Å². The van der Waals surface area contributed by atoms with Crippen LogP contribution < -0.4 is 14.9 Å². The Balaban J connectivity index is 1.33. The summed E-state index contributed by atoms with van der Waals surface area (Å²) in [5.41, 5.74) is 6.18. The zero-order chi connectivity index (χ0) is 25.2. The molecule has 3 fully saturated rings. The average Bonchev–Trinajstić information content (AvgIpc) is 3.45. The maximum atomic E-state index is 9.22. The second-order valence-electron chi connectivity index (χ2n) is 10.9. The quantitative estimate of drug-likeness (QED) is 0.197. The van der Waals surface area contributed by atoms with Gasteiger partial charge in [0.1, 0.15) is 12.1 Å². The summed E-state index contributed by atoms with van der Waals surface area (Å²) in [7, 11) is 0. The lowest BCUT2D eigenvalue weighted by molar-refractivity contribution is 0.322. The number of fused-ring (bicyclic) bond motifs is 1. The Morgan fingerprint density at radius 1 is 1.03 bits per heavy atom. The highest BCUT2D eigenvalue weighted by molar-refractivity contribution is 8.00. The number of piperidine rings is 1. The normalized spacial score (nSPS) is 19.0. The maximum Gasteiger partial charge on any atom is 0.143 e. The van der Waals surface area contributed by atoms with E-state index in [1.54, 1.807) is 6.33 Å². The fraction of sp³-hybridized carbons (Fsp3) is 0.517. The summed E-state index contributed by atoms with van der Waals surface area (Å²) < 4.78 is 3.41. The first-order valence-electron chi connectivity index (χ1n) is 13.7. The number of anilines is 4. The molecule has 1 saturated heterocycles. The Hall–Kier alpha value is -2.16. The summed E-state index contributed by atoms with van der Waals surface area (Å²) in [4.78, 5) is 13.3. The molecular weight excluding hydrogens is 498 g/mol. The molecular formula is C29H37N5OS2. The van der Waals surface area contributed by atoms with Gasteiger partial charge >= 0.3 is 0 Å². The van der Waals surface area contributed by atoms with E-state index in [-0.39, 0.29) is 6.61 Å². The number of hydrogen-bond acceptors (Lipinski definition) is 8. The van der Waals surface area contributed by atoms with Gasteiger partial charge in [-0.05, 0) is 80.7 Å². The molecule has 3 aromatic rings. The lowest BCUT2D eigenvalue weighted by Crippen LogP contribution is -2.34. The first-order chi connectivity index (χ1) is 18.1. The fourth-order valence-corrected chi connectivity index (χ4v) is 7.63. The van der Waals surface area contributed by atoms with Crippen LogP contribution in [0.4, 0.5) is 22.9 Å². The molecule has 6 rings (SSSR count). The van der Waals surface area contributed by atoms with Crippen LogP contribution in [0.5, 0.6) is 0 Å². The zero-order valence-corrected chi connectivity index (χ0v) is 23.3. The molecule has 2 aliphatic carbocycles. The molecule has 0 radical (unpaired) electrons. The van der Waals surface area contributed by atoms with Crippen LogP contribution >= 0.6 is 23.7 Å². The van der Waals surface area contributed by atoms with Crippen LogP contribution in [0, 0.1) is 12.3 Å². The molecule has 6 nitrogen and oxygen atoms in total. The van der Waals surface area contributed by atoms with Crippen LogP contribution in [-0.2, 0) is 0 Å². The van der Waals surface area contributed by atoms with Crippen LogP contribution in [-0.4, -0.2) is 45.8 Å². The van der Waals surface area contributed by atoms with Gasteiger partial charge in [0.2, 0.25) is 0 Å². The molecule has 1 aliphatic heterocycles. The van der Waals surface area contributed by atoms with Gasteiger partial charge in [-0.1, -0.05) is 30.9 Å². The number of rotatable bonds is 9. The molecule has 0 unspecified atom stereocenters. The molecule has 3 aliphatic rings. The molecule has 3 N–H and O–H groups in total. The van der Waals surface area contributed by atoms with E-state index in [0.29, 0.717) is 11.2 Å². The number of benzene rings is 2. The number of nitrogens with one attached hydrogen (secondary N) is 2. The first kappa shape index (κ1) is 25.1. The molecule has 0 atom stereocenters. The summed E-state index contributed by atoms with van der Waals surface area (Å²) >= 11 is 3.56. The molecule has 1 aromatic heterocycles. The Labute approximate surface area is 228 Å². The van der Waals surface area contributed by atoms with Gasteiger partial charge in [0.15, 0.2) is 0 Å². The summed E-state index contributed by atoms with van der Waals surface area (Å²) in [5, 5.41) is 14.7. The van der Waals surface area contributed by atoms with E-state index in [4.69, 9.17) is 4.98 Å². The van der Waals surface area contributed by atoms with Gasteiger partial charge in [0, 0.05) is 40.4 Å². The minimum atomic E-state index is 0.153. The number of thioether (sulfide) groups is 1. The summed E-state index contributed by atoms with van der Waals surface area (Å²) in [6.07, 6.45) is 12.4. The number of aliphatic hydroxyl groups excluding tert-OH is 1. The van der Waals surface area contributed by atoms with Gasteiger partial charge in [-0.2, -0.15) is 0 Å². The summed E-state index contributed by atoms with van der Waals surface area (Å²) in [6.45, 7) is 4.51. The van der Waals surface area contributed by atoms with Gasteiger partial charge in [-0.15, -0.1) is 11.8 Å². The molecule has 196 valence electrons. The van der Waals surface area contributed by atoms with E-state index < -0.39 is 0 Å². The average molecular weight is 536 g/mol. The standard InChI is InChI=1S/C29H37N5OS2/c1-20-6-7-21(18-26(20)37-23-4-2-3-5-23)32-28-27-24(30-19-31-28)16-22(33-36-15-14-35)17-25(27)34-12-10-29(8-9-29)11-13-34/h6-7,16-19,23,33,35H,2-5,8-15H2,1H3,(H,30,31,32). The van der Waals surface area contributed by atoms with Gasteiger partial charge in [0.25, 0.3) is 0 Å². The van der Waals surface area contributed by atoms with Crippen LogP contribution in [0.3, 0.4) is 0 Å². The van der Waals surface area contributed by atoms with E-state index in [1.807, 2.05) is 11.8 Å². The second kappa shape index (κ2) is 10.9. The third-order valence-electron chi connectivity index (χ3n) is 8.27. The zero-order valence-electron chi connectivity index (χ0n) is 21.6. The monoisotopic (exact) mass is 535 g/mol. The van der Waals surface area contributed by atoms with Crippen molar-refractivity contribution in [2.45, 2.75) is 68.4 Å². The van der Waals surface area contributed by atoms with E-state index in [1.165, 1.54) is 79.5 Å². The minimum Gasteiger partial charge on any atom is -0.395 e. The summed E-state index contributed by atoms with van der Waals surface area (Å²) in [6, 6.07) is 11.0. The number of hydrogen-bond donors (Lipinski definition) is 3. The van der Waals surface area contributed by atoms with E-state index in [9.17, 15) is 5.11 Å². The molecule has 2 aromatic carbocycles. The van der Waals surface area contributed by atoms with Crippen molar-refractivity contribution >= 4 is 57.5 Å². The van der Waals surface area contributed by atoms with Crippen molar-refractivity contribution in [2.24, 2.45) is 5.41 Å². The Bertz CT molecular complexity index is 1250. The highest BCUT2D eigenvalue weighted by Crippen LogP contribution is 2.54. The Morgan fingerprint density at radius 3 is 2.59 bits per heavy atom. The van der Waals surface area contributed by atoms with Gasteiger partial charge in [-0.3, -0.25) is 0 Å². The van der Waals surface area contributed by atoms with Gasteiger partial charge in [0.05, 0.1) is 23.2 Å². The highest BCUT2D eigenvalue weighted by Gasteiger charge is 2.44. The molecule has 1 spiro atoms. The van der Waals surface area contributed by atoms with Crippen molar-refractivity contribution in [3.05, 3.63) is 42.2 Å². The number of aryl methyl sites for hydroxylation is 1. The van der Waals surface area contributed by atoms with E-state index in [0.717, 1.165) is 46.4 Å². The molecule has 0 bridgehead atoms. The van der Waals surface area contributed by atoms with Crippen molar-refractivity contribution < 1.29 is 5.11 Å². The smallest absolute Gasteiger partial charge is 0.143 e. The van der Waals surface area contributed by atoms with E-state index >= 15 is 0 Å². The van der Waals surface area contributed by atoms with Crippen LogP contribution in [0.25, 0.3) is 10.9 Å². The van der Waals surface area contributed by atoms with Crippen LogP contribution in [0.1, 0.15) is 56.9 Å². The lowest BCUT2D eigenvalue weighted by Gasteiger charge is -2.35. The minimum absolute atomic E-state index is 0.153. The predicted octanol–water partition coefficient (Wildman–Crippen LogP) is 7.15. The van der Waals surface area contributed by atoms with Gasteiger partial charge in [-0.25, -0.2) is 9.97 Å². The van der Waals surface area contributed by atoms with Crippen LogP contribution in [0.2, 0.25) is 0 Å². The molecule has 2 saturated carbocycles. The van der Waals surface area contributed by atoms with Crippen LogP contribution in [0.15, 0.2) is 41.6 Å². The third kappa shape index (κ3) is 5.66. The molecule has 0 amide bonds. The topological polar surface area (TPSA) is 73.3 Å². The number of nitrogens with zero attached hydrogens (tertiary/aromatic N) is 3. The number of aromatic nitrogens is 2. The van der Waals surface area contributed by atoms with Crippen molar-refractivity contribution in [1.82, 2.24) is 9.97 Å². The molecule has 2 heterocycles. The first-order valence-corrected chi connectivity index (χ1v) is 15.6. The second-order valence-corrected chi connectivity index (χ2v) is 13.1. The largest absolute Gasteiger partial charge is 0.395 e. The SMILES string of the molecule is Cc1ccc(Nc2ncnc3cc(NSCCO)cc(N4CCC5(CC4)CC5)c23)cc1SC1CCCC1. The van der Waals surface area contributed by atoms with Crippen molar-refractivity contribution in [3.63, 3.8) is 0 Å². The van der Waals surface area contributed by atoms with Crippen molar-refractivity contribution in [2.75, 3.05) is 40.4 Å². The van der Waals surface area contributed by atoms with Crippen molar-refractivity contribution in [1.29, 1.82) is 0 Å². The Morgan fingerprint density at radius 2 is 1.84 bits per heavy atom. The number of aliphatic hydroxyl groups is 1. The highest BCUT2D eigenvalue weighted by atomic mass is 32.2. The summed E-state index contributed by atoms with van der Waals surface area (Å²) in [5.74, 6) is 1.51.